The van der Waals surface area contributed by atoms with E-state index in [-0.39, 0.29) is 17.9 Å². The number of hydrogen-bond donors (Lipinski definition) is 0. The van der Waals surface area contributed by atoms with Gasteiger partial charge in [-0.15, -0.1) is 10.2 Å². The van der Waals surface area contributed by atoms with Crippen molar-refractivity contribution >= 4 is 23.6 Å². The van der Waals surface area contributed by atoms with Gasteiger partial charge in [0.2, 0.25) is 5.91 Å². The zero-order chi connectivity index (χ0) is 31.1. The van der Waals surface area contributed by atoms with E-state index in [1.54, 1.807) is 22.8 Å². The molecular weight excluding hydrogens is 587 g/mol. The number of thioether (sulfide) groups is 1. The molecule has 0 radical (unpaired) electrons. The molecule has 2 heterocycles. The molecule has 230 valence electrons. The van der Waals surface area contributed by atoms with Crippen LogP contribution in [-0.4, -0.2) is 67.8 Å². The molecule has 0 aliphatic carbocycles. The normalized spacial score (nSPS) is 15.4. The molecule has 11 heteroatoms. The summed E-state index contributed by atoms with van der Waals surface area (Å²) < 4.78 is 42.2. The summed E-state index contributed by atoms with van der Waals surface area (Å²) in [6, 6.07) is 23.9. The van der Waals surface area contributed by atoms with Gasteiger partial charge < -0.3 is 9.80 Å². The van der Waals surface area contributed by atoms with E-state index in [0.717, 1.165) is 24.1 Å². The fraction of sp³-hybridized carbons (Fsp3) is 0.333. The average Bonchev–Trinajstić information content (AvgIpc) is 3.42. The average molecular weight is 622 g/mol. The quantitative estimate of drug-likeness (QED) is 0.149. The van der Waals surface area contributed by atoms with Gasteiger partial charge in [0.05, 0.1) is 11.3 Å². The second-order valence-electron chi connectivity index (χ2n) is 10.8. The van der Waals surface area contributed by atoms with Crippen LogP contribution in [0.5, 0.6) is 0 Å². The zero-order valence-electron chi connectivity index (χ0n) is 24.4. The second-order valence-corrected chi connectivity index (χ2v) is 11.9. The van der Waals surface area contributed by atoms with Crippen molar-refractivity contribution in [1.82, 2.24) is 24.6 Å². The minimum atomic E-state index is -4.47. The maximum Gasteiger partial charge on any atom is 0.416 e. The lowest BCUT2D eigenvalue weighted by Crippen LogP contribution is -2.55. The molecule has 0 spiro atoms. The fourth-order valence-electron chi connectivity index (χ4n) is 5.30. The standard InChI is InChI=1S/C33H34F3N5O2S/c1-24-23-39(18-19-40(24)31(43)26-13-6-3-7-14-26)30(42)17-8-9-20-44-32-38-37-29(21-25-11-4-2-5-12-25)41(32)28-16-10-15-27(22-28)33(34,35)36/h2-7,10-16,22,24H,8-9,17-21,23H2,1H3. The molecule has 0 bridgehead atoms. The van der Waals surface area contributed by atoms with Crippen LogP contribution in [0.4, 0.5) is 13.2 Å². The molecule has 0 saturated carbocycles. The van der Waals surface area contributed by atoms with Crippen LogP contribution in [0.15, 0.2) is 90.1 Å². The van der Waals surface area contributed by atoms with Crippen LogP contribution in [0.3, 0.4) is 0 Å². The van der Waals surface area contributed by atoms with Crippen LogP contribution in [0, 0.1) is 0 Å². The number of halogens is 3. The number of aromatic nitrogens is 3. The van der Waals surface area contributed by atoms with Gasteiger partial charge in [-0.1, -0.05) is 66.4 Å². The first-order chi connectivity index (χ1) is 21.2. The van der Waals surface area contributed by atoms with Gasteiger partial charge in [-0.3, -0.25) is 14.2 Å². The molecule has 1 aliphatic rings. The van der Waals surface area contributed by atoms with Crippen LogP contribution in [0.25, 0.3) is 5.69 Å². The van der Waals surface area contributed by atoms with Gasteiger partial charge in [0.1, 0.15) is 5.82 Å². The minimum absolute atomic E-state index is 0.0212. The summed E-state index contributed by atoms with van der Waals surface area (Å²) in [5.41, 5.74) is 1.24. The maximum atomic E-state index is 13.5. The summed E-state index contributed by atoms with van der Waals surface area (Å²) in [6.45, 7) is 3.45. The number of nitrogens with zero attached hydrogens (tertiary/aromatic N) is 5. The number of amides is 2. The lowest BCUT2D eigenvalue weighted by molar-refractivity contribution is -0.137. The van der Waals surface area contributed by atoms with E-state index in [4.69, 9.17) is 0 Å². The number of rotatable bonds is 10. The second kappa shape index (κ2) is 14.1. The number of carbonyl (C=O) groups excluding carboxylic acids is 2. The lowest BCUT2D eigenvalue weighted by atomic mass is 10.1. The van der Waals surface area contributed by atoms with Gasteiger partial charge in [0, 0.05) is 49.8 Å². The summed E-state index contributed by atoms with van der Waals surface area (Å²) in [5, 5.41) is 9.17. The van der Waals surface area contributed by atoms with E-state index in [1.807, 2.05) is 65.3 Å². The van der Waals surface area contributed by atoms with Crippen LogP contribution < -0.4 is 0 Å². The van der Waals surface area contributed by atoms with Crippen molar-refractivity contribution in [2.24, 2.45) is 0 Å². The van der Waals surface area contributed by atoms with Crippen LogP contribution >= 0.6 is 11.8 Å². The lowest BCUT2D eigenvalue weighted by Gasteiger charge is -2.40. The molecule has 1 aromatic heterocycles. The number of alkyl halides is 3. The highest BCUT2D eigenvalue weighted by Gasteiger charge is 2.31. The Morgan fingerprint density at radius 3 is 2.34 bits per heavy atom. The number of benzene rings is 3. The van der Waals surface area contributed by atoms with E-state index < -0.39 is 11.7 Å². The van der Waals surface area contributed by atoms with E-state index >= 15 is 0 Å². The Bertz CT molecular complexity index is 1560. The van der Waals surface area contributed by atoms with Crippen LogP contribution in [-0.2, 0) is 17.4 Å². The highest BCUT2D eigenvalue weighted by molar-refractivity contribution is 7.99. The molecule has 1 aliphatic heterocycles. The molecule has 1 atom stereocenters. The van der Waals surface area contributed by atoms with Crippen molar-refractivity contribution < 1.29 is 22.8 Å². The molecule has 0 N–H and O–H groups in total. The van der Waals surface area contributed by atoms with Crippen LogP contribution in [0.2, 0.25) is 0 Å². The van der Waals surface area contributed by atoms with Gasteiger partial charge in [-0.2, -0.15) is 13.2 Å². The number of carbonyl (C=O) groups is 2. The Morgan fingerprint density at radius 2 is 1.64 bits per heavy atom. The van der Waals surface area contributed by atoms with E-state index in [9.17, 15) is 22.8 Å². The smallest absolute Gasteiger partial charge is 0.339 e. The molecule has 1 fully saturated rings. The van der Waals surface area contributed by atoms with Gasteiger partial charge in [-0.25, -0.2) is 0 Å². The third-order valence-corrected chi connectivity index (χ3v) is 8.63. The Hall–Kier alpha value is -4.12. The first-order valence-corrected chi connectivity index (χ1v) is 15.6. The van der Waals surface area contributed by atoms with Crippen molar-refractivity contribution in [2.45, 2.75) is 50.0 Å². The van der Waals surface area contributed by atoms with Crippen LogP contribution in [0.1, 0.15) is 53.5 Å². The summed E-state index contributed by atoms with van der Waals surface area (Å²) in [5.74, 6) is 1.22. The molecule has 2 amide bonds. The molecule has 7 nitrogen and oxygen atoms in total. The van der Waals surface area contributed by atoms with E-state index in [1.165, 1.54) is 17.8 Å². The molecule has 4 aromatic rings. The number of unbranched alkanes of at least 4 members (excludes halogenated alkanes) is 1. The van der Waals surface area contributed by atoms with Crippen molar-refractivity contribution in [3.8, 4) is 5.69 Å². The Balaban J connectivity index is 1.16. The maximum absolute atomic E-state index is 13.5. The third-order valence-electron chi connectivity index (χ3n) is 7.62. The summed E-state index contributed by atoms with van der Waals surface area (Å²) in [7, 11) is 0. The van der Waals surface area contributed by atoms with E-state index in [2.05, 4.69) is 10.2 Å². The molecule has 44 heavy (non-hydrogen) atoms. The van der Waals surface area contributed by atoms with Crippen molar-refractivity contribution in [3.63, 3.8) is 0 Å². The number of hydrogen-bond acceptors (Lipinski definition) is 5. The van der Waals surface area contributed by atoms with Crippen molar-refractivity contribution in [2.75, 3.05) is 25.4 Å². The Labute approximate surface area is 259 Å². The van der Waals surface area contributed by atoms with E-state index in [0.29, 0.717) is 66.9 Å². The number of piperazine rings is 1. The largest absolute Gasteiger partial charge is 0.416 e. The predicted molar refractivity (Wildman–Crippen MR) is 164 cm³/mol. The molecule has 3 aromatic carbocycles. The van der Waals surface area contributed by atoms with Crippen molar-refractivity contribution in [3.05, 3.63) is 107 Å². The molecule has 1 saturated heterocycles. The Kier molecular flexibility index (Phi) is 10.0. The summed E-state index contributed by atoms with van der Waals surface area (Å²) in [4.78, 5) is 29.5. The topological polar surface area (TPSA) is 71.3 Å². The van der Waals surface area contributed by atoms with Gasteiger partial charge in [0.15, 0.2) is 5.16 Å². The summed E-state index contributed by atoms with van der Waals surface area (Å²) in [6.07, 6.45) is -2.27. The third kappa shape index (κ3) is 7.68. The monoisotopic (exact) mass is 621 g/mol. The molecule has 5 rings (SSSR count). The minimum Gasteiger partial charge on any atom is -0.339 e. The SMILES string of the molecule is CC1CN(C(=O)CCCCSc2nnc(Cc3ccccc3)n2-c2cccc(C(F)(F)F)c2)CCN1C(=O)c1ccccc1. The fourth-order valence-corrected chi connectivity index (χ4v) is 6.27. The first-order valence-electron chi connectivity index (χ1n) is 14.6. The predicted octanol–water partition coefficient (Wildman–Crippen LogP) is 6.51. The highest BCUT2D eigenvalue weighted by atomic mass is 32.2. The van der Waals surface area contributed by atoms with Crippen molar-refractivity contribution in [1.29, 1.82) is 0 Å². The van der Waals surface area contributed by atoms with Gasteiger partial charge >= 0.3 is 6.18 Å². The van der Waals surface area contributed by atoms with Gasteiger partial charge in [0.25, 0.3) is 5.91 Å². The molecular formula is C33H34F3N5O2S. The van der Waals surface area contributed by atoms with Gasteiger partial charge in [-0.05, 0) is 55.7 Å². The molecule has 1 unspecified atom stereocenters. The highest BCUT2D eigenvalue weighted by Crippen LogP contribution is 2.32. The Morgan fingerprint density at radius 1 is 0.909 bits per heavy atom. The summed E-state index contributed by atoms with van der Waals surface area (Å²) >= 11 is 1.41. The first kappa shape index (κ1) is 31.3. The zero-order valence-corrected chi connectivity index (χ0v) is 25.2.